The molecule has 0 spiro atoms. The molecule has 1 aliphatic rings. The molecule has 0 atom stereocenters. The molecule has 0 radical (unpaired) electrons. The molecule has 0 aromatic carbocycles. The van der Waals surface area contributed by atoms with E-state index in [1.807, 2.05) is 0 Å². The van der Waals surface area contributed by atoms with Crippen LogP contribution >= 0.6 is 0 Å². The van der Waals surface area contributed by atoms with Crippen molar-refractivity contribution in [2.24, 2.45) is 0 Å². The lowest BCUT2D eigenvalue weighted by Crippen LogP contribution is -2.34. The van der Waals surface area contributed by atoms with Gasteiger partial charge in [-0.1, -0.05) is 18.0 Å². The third-order valence-corrected chi connectivity index (χ3v) is 3.17. The summed E-state index contributed by atoms with van der Waals surface area (Å²) in [5.41, 5.74) is 0. The highest BCUT2D eigenvalue weighted by atomic mass is 16.5. The Morgan fingerprint density at radius 1 is 1.32 bits per heavy atom. The van der Waals surface area contributed by atoms with Crippen LogP contribution in [-0.4, -0.2) is 35.0 Å². The fraction of sp³-hybridized carbons (Fsp3) is 0.615. The predicted octanol–water partition coefficient (Wildman–Crippen LogP) is 1.71. The van der Waals surface area contributed by atoms with Crippen molar-refractivity contribution >= 4 is 17.6 Å². The zero-order valence-corrected chi connectivity index (χ0v) is 11.1. The summed E-state index contributed by atoms with van der Waals surface area (Å²) in [5.74, 6) is 0.516. The van der Waals surface area contributed by atoms with Crippen LogP contribution in [0.3, 0.4) is 0 Å². The monoisotopic (exact) mass is 265 g/mol. The standard InChI is InChI=1S/C13H19N3O3/c1-10-8-11(15-19-10)14-12(17)9-13(18)16-6-4-2-3-5-7-16/h8H,2-7,9H2,1H3,(H,14,15,17). The van der Waals surface area contributed by atoms with Gasteiger partial charge in [-0.05, 0) is 19.8 Å². The van der Waals surface area contributed by atoms with Crippen LogP contribution in [0.25, 0.3) is 0 Å². The fourth-order valence-corrected chi connectivity index (χ4v) is 2.18. The molecule has 1 fully saturated rings. The topological polar surface area (TPSA) is 75.4 Å². The van der Waals surface area contributed by atoms with Crippen molar-refractivity contribution < 1.29 is 14.1 Å². The van der Waals surface area contributed by atoms with Crippen molar-refractivity contribution in [2.45, 2.75) is 39.0 Å². The smallest absolute Gasteiger partial charge is 0.235 e. The van der Waals surface area contributed by atoms with Crippen molar-refractivity contribution in [1.82, 2.24) is 10.1 Å². The molecule has 0 unspecified atom stereocenters. The number of likely N-dealkylation sites (tertiary alicyclic amines) is 1. The summed E-state index contributed by atoms with van der Waals surface area (Å²) in [6.07, 6.45) is 4.24. The summed E-state index contributed by atoms with van der Waals surface area (Å²) < 4.78 is 4.84. The SMILES string of the molecule is Cc1cc(NC(=O)CC(=O)N2CCCCCC2)no1. The number of amides is 2. The molecule has 2 rings (SSSR count). The number of anilines is 1. The van der Waals surface area contributed by atoms with E-state index in [0.717, 1.165) is 38.8 Å². The predicted molar refractivity (Wildman–Crippen MR) is 69.5 cm³/mol. The second-order valence-electron chi connectivity index (χ2n) is 4.84. The number of nitrogens with zero attached hydrogens (tertiary/aromatic N) is 2. The Morgan fingerprint density at radius 2 is 2.00 bits per heavy atom. The van der Waals surface area contributed by atoms with Gasteiger partial charge in [0.25, 0.3) is 0 Å². The number of rotatable bonds is 3. The van der Waals surface area contributed by atoms with Crippen LogP contribution in [0.1, 0.15) is 37.9 Å². The quantitative estimate of drug-likeness (QED) is 0.844. The zero-order chi connectivity index (χ0) is 13.7. The van der Waals surface area contributed by atoms with Gasteiger partial charge in [0.2, 0.25) is 11.8 Å². The summed E-state index contributed by atoms with van der Waals surface area (Å²) >= 11 is 0. The first-order valence-corrected chi connectivity index (χ1v) is 6.66. The zero-order valence-electron chi connectivity index (χ0n) is 11.1. The molecule has 2 heterocycles. The Labute approximate surface area is 112 Å². The number of hydrogen-bond acceptors (Lipinski definition) is 4. The molecule has 0 bridgehead atoms. The Morgan fingerprint density at radius 3 is 2.58 bits per heavy atom. The Balaban J connectivity index is 1.82. The normalized spacial score (nSPS) is 15.9. The van der Waals surface area contributed by atoms with Crippen molar-refractivity contribution in [3.05, 3.63) is 11.8 Å². The molecular formula is C13H19N3O3. The lowest BCUT2D eigenvalue weighted by molar-refractivity contribution is -0.134. The first-order valence-electron chi connectivity index (χ1n) is 6.66. The second kappa shape index (κ2) is 6.36. The number of carbonyl (C=O) groups excluding carboxylic acids is 2. The number of aryl methyl sites for hydroxylation is 1. The largest absolute Gasteiger partial charge is 0.360 e. The van der Waals surface area contributed by atoms with Crippen LogP contribution in [0, 0.1) is 6.92 Å². The van der Waals surface area contributed by atoms with E-state index in [0.29, 0.717) is 11.6 Å². The third-order valence-electron chi connectivity index (χ3n) is 3.17. The van der Waals surface area contributed by atoms with E-state index < -0.39 is 0 Å². The summed E-state index contributed by atoms with van der Waals surface area (Å²) in [5, 5.41) is 6.22. The maximum atomic E-state index is 12.0. The number of hydrogen-bond donors (Lipinski definition) is 1. The van der Waals surface area contributed by atoms with E-state index in [4.69, 9.17) is 4.52 Å². The van der Waals surface area contributed by atoms with Crippen LogP contribution < -0.4 is 5.32 Å². The van der Waals surface area contributed by atoms with Crippen molar-refractivity contribution in [1.29, 1.82) is 0 Å². The van der Waals surface area contributed by atoms with Gasteiger partial charge >= 0.3 is 0 Å². The third kappa shape index (κ3) is 4.08. The van der Waals surface area contributed by atoms with E-state index in [2.05, 4.69) is 10.5 Å². The maximum Gasteiger partial charge on any atom is 0.235 e. The molecular weight excluding hydrogens is 246 g/mol. The number of carbonyl (C=O) groups is 2. The highest BCUT2D eigenvalue weighted by Crippen LogP contribution is 2.12. The van der Waals surface area contributed by atoms with E-state index in [-0.39, 0.29) is 18.2 Å². The maximum absolute atomic E-state index is 12.0. The molecule has 1 N–H and O–H groups in total. The minimum atomic E-state index is -0.345. The summed E-state index contributed by atoms with van der Waals surface area (Å²) in [6.45, 7) is 3.26. The van der Waals surface area contributed by atoms with Gasteiger partial charge in [0.1, 0.15) is 12.2 Å². The van der Waals surface area contributed by atoms with E-state index >= 15 is 0 Å². The summed E-state index contributed by atoms with van der Waals surface area (Å²) in [7, 11) is 0. The van der Waals surface area contributed by atoms with Crippen LogP contribution in [0.5, 0.6) is 0 Å². The lowest BCUT2D eigenvalue weighted by atomic mass is 10.2. The Bertz CT molecular complexity index is 448. The second-order valence-corrected chi connectivity index (χ2v) is 4.84. The minimum absolute atomic E-state index is 0.111. The Hall–Kier alpha value is -1.85. The van der Waals surface area contributed by atoms with Crippen molar-refractivity contribution in [3.63, 3.8) is 0 Å². The average molecular weight is 265 g/mol. The molecule has 104 valence electrons. The van der Waals surface area contributed by atoms with E-state index in [1.165, 1.54) is 0 Å². The summed E-state index contributed by atoms with van der Waals surface area (Å²) in [4.78, 5) is 25.5. The van der Waals surface area contributed by atoms with Gasteiger partial charge in [-0.3, -0.25) is 9.59 Å². The molecule has 1 aromatic rings. The fourth-order valence-electron chi connectivity index (χ4n) is 2.18. The lowest BCUT2D eigenvalue weighted by Gasteiger charge is -2.19. The van der Waals surface area contributed by atoms with Crippen LogP contribution in [0.2, 0.25) is 0 Å². The van der Waals surface area contributed by atoms with Crippen molar-refractivity contribution in [3.8, 4) is 0 Å². The molecule has 6 nitrogen and oxygen atoms in total. The molecule has 2 amide bonds. The first-order chi connectivity index (χ1) is 9.15. The van der Waals surface area contributed by atoms with Gasteiger partial charge in [-0.15, -0.1) is 0 Å². The molecule has 1 aromatic heterocycles. The average Bonchev–Trinajstić information content (AvgIpc) is 2.64. The summed E-state index contributed by atoms with van der Waals surface area (Å²) in [6, 6.07) is 1.62. The molecule has 19 heavy (non-hydrogen) atoms. The van der Waals surface area contributed by atoms with E-state index in [9.17, 15) is 9.59 Å². The van der Waals surface area contributed by atoms with Gasteiger partial charge in [-0.25, -0.2) is 0 Å². The van der Waals surface area contributed by atoms with Crippen LogP contribution in [0.15, 0.2) is 10.6 Å². The van der Waals surface area contributed by atoms with Gasteiger partial charge in [0, 0.05) is 19.2 Å². The van der Waals surface area contributed by atoms with Crippen LogP contribution in [-0.2, 0) is 9.59 Å². The van der Waals surface area contributed by atoms with Crippen molar-refractivity contribution in [2.75, 3.05) is 18.4 Å². The Kier molecular flexibility index (Phi) is 4.54. The number of aromatic nitrogens is 1. The highest BCUT2D eigenvalue weighted by molar-refractivity contribution is 6.03. The molecule has 1 saturated heterocycles. The van der Waals surface area contributed by atoms with Gasteiger partial charge in [0.15, 0.2) is 5.82 Å². The highest BCUT2D eigenvalue weighted by Gasteiger charge is 2.19. The molecule has 1 aliphatic heterocycles. The van der Waals surface area contributed by atoms with Gasteiger partial charge in [-0.2, -0.15) is 0 Å². The van der Waals surface area contributed by atoms with Crippen LogP contribution in [0.4, 0.5) is 5.82 Å². The number of nitrogens with one attached hydrogen (secondary N) is 1. The van der Waals surface area contributed by atoms with E-state index in [1.54, 1.807) is 17.9 Å². The molecule has 6 heteroatoms. The molecule has 0 aliphatic carbocycles. The van der Waals surface area contributed by atoms with Gasteiger partial charge in [0.05, 0.1) is 0 Å². The first kappa shape index (κ1) is 13.6. The minimum Gasteiger partial charge on any atom is -0.360 e. The molecule has 0 saturated carbocycles. The van der Waals surface area contributed by atoms with Gasteiger partial charge < -0.3 is 14.7 Å².